The molecule has 3 unspecified atom stereocenters. The predicted octanol–water partition coefficient (Wildman–Crippen LogP) is 4.36. The number of alkyl halides is 3. The van der Waals surface area contributed by atoms with Crippen LogP contribution < -0.4 is 10.5 Å². The molecule has 0 aromatic heterocycles. The average molecular weight is 450 g/mol. The summed E-state index contributed by atoms with van der Waals surface area (Å²) >= 11 is 0. The summed E-state index contributed by atoms with van der Waals surface area (Å²) in [7, 11) is 0. The number of fused-ring (bicyclic) bond motifs is 1. The summed E-state index contributed by atoms with van der Waals surface area (Å²) in [5.41, 5.74) is 3.57. The summed E-state index contributed by atoms with van der Waals surface area (Å²) in [5, 5.41) is 20.4. The molecule has 32 heavy (non-hydrogen) atoms. The molecule has 1 aromatic carbocycles. The van der Waals surface area contributed by atoms with E-state index in [0.717, 1.165) is 25.0 Å². The largest absolute Gasteiger partial charge is 0.573 e. The standard InChI is InChI=1S/C22H25F3N4O3/c1-3-5-11-30-21(31-12-6-4-2)20(14-27)17(19(20,13-26)18(28)29-21)15-7-9-16(10-8-15)32-22(23,24)25/h7-10,17H,3-6,11-12H2,1-2H3,(H2,28,29). The van der Waals surface area contributed by atoms with E-state index < -0.39 is 34.8 Å². The lowest BCUT2D eigenvalue weighted by Crippen LogP contribution is -2.44. The van der Waals surface area contributed by atoms with Crippen LogP contribution in [0.5, 0.6) is 5.75 Å². The lowest BCUT2D eigenvalue weighted by molar-refractivity contribution is -0.274. The number of amidine groups is 1. The van der Waals surface area contributed by atoms with Gasteiger partial charge in [0.25, 0.3) is 5.91 Å². The van der Waals surface area contributed by atoms with Gasteiger partial charge in [-0.05, 0) is 30.5 Å². The van der Waals surface area contributed by atoms with Gasteiger partial charge in [0.05, 0.1) is 25.4 Å². The quantitative estimate of drug-likeness (QED) is 0.419. The van der Waals surface area contributed by atoms with Crippen LogP contribution in [0, 0.1) is 33.5 Å². The highest BCUT2D eigenvalue weighted by Crippen LogP contribution is 2.82. The summed E-state index contributed by atoms with van der Waals surface area (Å²) in [6, 6.07) is 9.40. The van der Waals surface area contributed by atoms with Gasteiger partial charge in [-0.1, -0.05) is 38.8 Å². The molecule has 2 N–H and O–H groups in total. The summed E-state index contributed by atoms with van der Waals surface area (Å²) < 4.78 is 53.5. The van der Waals surface area contributed by atoms with Crippen LogP contribution in [0.1, 0.15) is 51.0 Å². The molecule has 0 amide bonds. The van der Waals surface area contributed by atoms with E-state index in [1.54, 1.807) is 0 Å². The molecule has 172 valence electrons. The minimum Gasteiger partial charge on any atom is -0.406 e. The van der Waals surface area contributed by atoms with Gasteiger partial charge in [-0.3, -0.25) is 0 Å². The molecule has 0 saturated heterocycles. The second-order valence-corrected chi connectivity index (χ2v) is 7.87. The Labute approximate surface area is 184 Å². The average Bonchev–Trinajstić information content (AvgIpc) is 3.32. The SMILES string of the molecule is CCCCOC1(OCCCC)N=C(N)C2(C#N)C(c3ccc(OC(F)(F)F)cc3)C12C#N. The van der Waals surface area contributed by atoms with Crippen molar-refractivity contribution in [3.05, 3.63) is 29.8 Å². The van der Waals surface area contributed by atoms with E-state index in [1.165, 1.54) is 12.1 Å². The molecule has 1 saturated carbocycles. The van der Waals surface area contributed by atoms with Crippen molar-refractivity contribution in [3.8, 4) is 17.9 Å². The fourth-order valence-electron chi connectivity index (χ4n) is 4.43. The number of halogens is 3. The molecule has 10 heteroatoms. The third-order valence-corrected chi connectivity index (χ3v) is 5.97. The molecule has 1 fully saturated rings. The Morgan fingerprint density at radius 2 is 1.59 bits per heavy atom. The van der Waals surface area contributed by atoms with Gasteiger partial charge in [0.15, 0.2) is 5.41 Å². The summed E-state index contributed by atoms with van der Waals surface area (Å²) in [4.78, 5) is 4.35. The van der Waals surface area contributed by atoms with E-state index in [4.69, 9.17) is 15.2 Å². The molecule has 1 aromatic rings. The van der Waals surface area contributed by atoms with Crippen molar-refractivity contribution in [3.63, 3.8) is 0 Å². The highest BCUT2D eigenvalue weighted by atomic mass is 19.4. The number of rotatable bonds is 10. The predicted molar refractivity (Wildman–Crippen MR) is 108 cm³/mol. The molecule has 3 atom stereocenters. The molecular formula is C22H25F3N4O3. The molecule has 3 rings (SSSR count). The van der Waals surface area contributed by atoms with Crippen LogP contribution >= 0.6 is 0 Å². The third-order valence-electron chi connectivity index (χ3n) is 5.97. The maximum absolute atomic E-state index is 12.5. The number of hydrogen-bond donors (Lipinski definition) is 1. The highest BCUT2D eigenvalue weighted by molar-refractivity contribution is 6.00. The van der Waals surface area contributed by atoms with E-state index >= 15 is 0 Å². The lowest BCUT2D eigenvalue weighted by atomic mass is 9.93. The number of aliphatic imine (C=N–C) groups is 1. The number of nitriles is 2. The molecule has 1 heterocycles. The van der Waals surface area contributed by atoms with Crippen molar-refractivity contribution in [2.45, 2.75) is 57.7 Å². The van der Waals surface area contributed by atoms with Gasteiger partial charge in [-0.15, -0.1) is 13.2 Å². The summed E-state index contributed by atoms with van der Waals surface area (Å²) in [6.07, 6.45) is -1.80. The van der Waals surface area contributed by atoms with Crippen LogP contribution in [0.15, 0.2) is 29.3 Å². The van der Waals surface area contributed by atoms with Crippen LogP contribution in [0.25, 0.3) is 0 Å². The number of benzene rings is 1. The Hall–Kier alpha value is -2.82. The van der Waals surface area contributed by atoms with Gasteiger partial charge < -0.3 is 19.9 Å². The van der Waals surface area contributed by atoms with Crippen LogP contribution in [0.3, 0.4) is 0 Å². The van der Waals surface area contributed by atoms with Gasteiger partial charge in [0, 0.05) is 5.92 Å². The minimum atomic E-state index is -4.83. The molecule has 0 spiro atoms. The van der Waals surface area contributed by atoms with Crippen LogP contribution in [0.2, 0.25) is 0 Å². The van der Waals surface area contributed by atoms with Crippen molar-refractivity contribution >= 4 is 5.84 Å². The Morgan fingerprint density at radius 3 is 2.03 bits per heavy atom. The topological polar surface area (TPSA) is 114 Å². The van der Waals surface area contributed by atoms with Crippen LogP contribution in [-0.2, 0) is 9.47 Å². The fourth-order valence-corrected chi connectivity index (χ4v) is 4.43. The zero-order valence-electron chi connectivity index (χ0n) is 17.9. The van der Waals surface area contributed by atoms with E-state index in [-0.39, 0.29) is 19.0 Å². The van der Waals surface area contributed by atoms with Crippen LogP contribution in [-0.4, -0.2) is 31.3 Å². The van der Waals surface area contributed by atoms with Gasteiger partial charge in [-0.25, -0.2) is 4.99 Å². The molecule has 2 aliphatic rings. The van der Waals surface area contributed by atoms with Crippen molar-refractivity contribution in [1.82, 2.24) is 0 Å². The molecular weight excluding hydrogens is 425 g/mol. The Balaban J connectivity index is 2.03. The van der Waals surface area contributed by atoms with Crippen molar-refractivity contribution < 1.29 is 27.4 Å². The number of unbranched alkanes of at least 4 members (excludes halogenated alkanes) is 2. The van der Waals surface area contributed by atoms with Crippen molar-refractivity contribution in [2.24, 2.45) is 21.6 Å². The summed E-state index contributed by atoms with van der Waals surface area (Å²) in [6.45, 7) is 4.44. The Kier molecular flexibility index (Phi) is 6.41. The van der Waals surface area contributed by atoms with E-state index in [2.05, 4.69) is 21.9 Å². The first-order valence-electron chi connectivity index (χ1n) is 10.5. The first-order chi connectivity index (χ1) is 15.2. The number of hydrogen-bond acceptors (Lipinski definition) is 7. The monoisotopic (exact) mass is 450 g/mol. The van der Waals surface area contributed by atoms with Gasteiger partial charge >= 0.3 is 6.36 Å². The van der Waals surface area contributed by atoms with Crippen LogP contribution in [0.4, 0.5) is 13.2 Å². The van der Waals surface area contributed by atoms with E-state index in [9.17, 15) is 23.7 Å². The molecule has 0 bridgehead atoms. The lowest BCUT2D eigenvalue weighted by Gasteiger charge is -2.32. The third kappa shape index (κ3) is 3.48. The maximum atomic E-state index is 12.5. The molecule has 7 nitrogen and oxygen atoms in total. The smallest absolute Gasteiger partial charge is 0.406 e. The molecule has 0 radical (unpaired) electrons. The molecule has 1 aliphatic heterocycles. The fraction of sp³-hybridized carbons (Fsp3) is 0.591. The highest BCUT2D eigenvalue weighted by Gasteiger charge is 2.93. The maximum Gasteiger partial charge on any atom is 0.573 e. The Bertz CT molecular complexity index is 941. The first-order valence-corrected chi connectivity index (χ1v) is 10.5. The number of nitrogens with zero attached hydrogens (tertiary/aromatic N) is 3. The van der Waals surface area contributed by atoms with Gasteiger partial charge in [0.2, 0.25) is 0 Å². The number of ether oxygens (including phenoxy) is 3. The number of nitrogens with two attached hydrogens (primary N) is 1. The normalized spacial score (nSPS) is 27.7. The zero-order chi connectivity index (χ0) is 23.6. The zero-order valence-corrected chi connectivity index (χ0v) is 17.9. The second-order valence-electron chi connectivity index (χ2n) is 7.87. The molecule has 1 aliphatic carbocycles. The van der Waals surface area contributed by atoms with Crippen molar-refractivity contribution in [1.29, 1.82) is 10.5 Å². The van der Waals surface area contributed by atoms with Gasteiger partial charge in [-0.2, -0.15) is 10.5 Å². The minimum absolute atomic E-state index is 0.0739. The Morgan fingerprint density at radius 1 is 1.03 bits per heavy atom. The van der Waals surface area contributed by atoms with E-state index in [1.807, 2.05) is 13.8 Å². The second kappa shape index (κ2) is 8.61. The van der Waals surface area contributed by atoms with E-state index in [0.29, 0.717) is 18.4 Å². The summed E-state index contributed by atoms with van der Waals surface area (Å²) in [5.74, 6) is -3.03. The van der Waals surface area contributed by atoms with Gasteiger partial charge in [0.1, 0.15) is 17.0 Å². The first kappa shape index (κ1) is 23.8. The van der Waals surface area contributed by atoms with Crippen molar-refractivity contribution in [2.75, 3.05) is 13.2 Å².